The highest BCUT2D eigenvalue weighted by Crippen LogP contribution is 2.39. The molecule has 1 aliphatic carbocycles. The average molecular weight is 332 g/mol. The molecule has 1 fully saturated rings. The topological polar surface area (TPSA) is 47.7 Å². The average Bonchev–Trinajstić information content (AvgIpc) is 3.14. The van der Waals surface area contributed by atoms with Crippen molar-refractivity contribution in [1.29, 1.82) is 0 Å². The Morgan fingerprint density at radius 2 is 2.14 bits per heavy atom. The number of nitrogens with zero attached hydrogens (tertiary/aromatic N) is 4. The fourth-order valence-electron chi connectivity index (χ4n) is 2.39. The molecule has 0 radical (unpaired) electrons. The van der Waals surface area contributed by atoms with Crippen molar-refractivity contribution < 1.29 is 8.78 Å². The molecule has 22 heavy (non-hydrogen) atoms. The summed E-state index contributed by atoms with van der Waals surface area (Å²) >= 11 is 0. The molecular formula is C14H20ClF2N5. The van der Waals surface area contributed by atoms with Crippen molar-refractivity contribution in [1.82, 2.24) is 19.6 Å². The lowest BCUT2D eigenvalue weighted by Crippen LogP contribution is -2.10. The Labute approximate surface area is 134 Å². The molecule has 0 amide bonds. The summed E-state index contributed by atoms with van der Waals surface area (Å²) in [5.74, 6) is 1.56. The zero-order valence-corrected chi connectivity index (χ0v) is 13.4. The van der Waals surface area contributed by atoms with Gasteiger partial charge < -0.3 is 5.32 Å². The number of hydrogen-bond donors (Lipinski definition) is 1. The van der Waals surface area contributed by atoms with Crippen molar-refractivity contribution in [2.24, 2.45) is 7.05 Å². The first-order chi connectivity index (χ1) is 10.0. The van der Waals surface area contributed by atoms with Crippen molar-refractivity contribution in [3.8, 4) is 0 Å². The van der Waals surface area contributed by atoms with E-state index in [1.54, 1.807) is 6.20 Å². The molecule has 0 saturated heterocycles. The van der Waals surface area contributed by atoms with Gasteiger partial charge >= 0.3 is 0 Å². The van der Waals surface area contributed by atoms with Crippen LogP contribution in [0, 0.1) is 6.92 Å². The third kappa shape index (κ3) is 3.58. The van der Waals surface area contributed by atoms with E-state index in [9.17, 15) is 8.78 Å². The minimum atomic E-state index is -2.39. The fraction of sp³-hybridized carbons (Fsp3) is 0.571. The first-order valence-electron chi connectivity index (χ1n) is 7.12. The van der Waals surface area contributed by atoms with Gasteiger partial charge in [-0.1, -0.05) is 0 Å². The Balaban J connectivity index is 0.00000176. The molecule has 1 saturated carbocycles. The Kier molecular flexibility index (Phi) is 5.05. The highest BCUT2D eigenvalue weighted by Gasteiger charge is 2.26. The quantitative estimate of drug-likeness (QED) is 0.884. The Morgan fingerprint density at radius 3 is 2.77 bits per heavy atom. The molecule has 2 heterocycles. The summed E-state index contributed by atoms with van der Waals surface area (Å²) in [5, 5.41) is 11.8. The molecule has 0 aliphatic heterocycles. The van der Waals surface area contributed by atoms with Crippen LogP contribution < -0.4 is 5.32 Å². The smallest absolute Gasteiger partial charge is 0.257 e. The Morgan fingerprint density at radius 1 is 1.41 bits per heavy atom. The van der Waals surface area contributed by atoms with E-state index in [-0.39, 0.29) is 19.0 Å². The molecule has 5 nitrogen and oxygen atoms in total. The summed E-state index contributed by atoms with van der Waals surface area (Å²) in [5.41, 5.74) is 2.82. The Hall–Kier alpha value is -1.63. The number of halogens is 3. The van der Waals surface area contributed by atoms with E-state index in [4.69, 9.17) is 0 Å². The number of aromatic nitrogens is 4. The van der Waals surface area contributed by atoms with Gasteiger partial charge in [0.2, 0.25) is 0 Å². The van der Waals surface area contributed by atoms with Crippen LogP contribution in [0.5, 0.6) is 0 Å². The van der Waals surface area contributed by atoms with Crippen LogP contribution in [0.3, 0.4) is 0 Å². The summed E-state index contributed by atoms with van der Waals surface area (Å²) in [6.45, 7) is 2.01. The summed E-state index contributed by atoms with van der Waals surface area (Å²) in [4.78, 5) is 0. The SMILES string of the molecule is Cc1c(CNc2cc(C3CC3)nn2C)cnn1CC(F)F.Cl. The van der Waals surface area contributed by atoms with Gasteiger partial charge in [0.05, 0.1) is 11.9 Å². The summed E-state index contributed by atoms with van der Waals surface area (Å²) < 4.78 is 28.0. The molecule has 122 valence electrons. The first kappa shape index (κ1) is 16.7. The van der Waals surface area contributed by atoms with E-state index in [2.05, 4.69) is 21.6 Å². The van der Waals surface area contributed by atoms with Crippen molar-refractivity contribution in [2.45, 2.75) is 45.2 Å². The highest BCUT2D eigenvalue weighted by atomic mass is 35.5. The maximum absolute atomic E-state index is 12.4. The third-order valence-electron chi connectivity index (χ3n) is 3.87. The predicted molar refractivity (Wildman–Crippen MR) is 82.7 cm³/mol. The standard InChI is InChI=1S/C14H19F2N5.ClH/c1-9-11(7-18-21(9)8-13(15)16)6-17-14-5-12(10-3-4-10)19-20(14)2;/h5,7,10,13,17H,3-4,6,8H2,1-2H3;1H. The molecule has 1 aliphatic rings. The van der Waals surface area contributed by atoms with Crippen molar-refractivity contribution in [3.05, 3.63) is 29.2 Å². The van der Waals surface area contributed by atoms with Gasteiger partial charge in [0.15, 0.2) is 0 Å². The van der Waals surface area contributed by atoms with Crippen LogP contribution in [0.4, 0.5) is 14.6 Å². The number of nitrogens with one attached hydrogen (secondary N) is 1. The second-order valence-electron chi connectivity index (χ2n) is 5.53. The fourth-order valence-corrected chi connectivity index (χ4v) is 2.39. The van der Waals surface area contributed by atoms with Crippen LogP contribution >= 0.6 is 12.4 Å². The molecule has 2 aromatic heterocycles. The molecule has 0 bridgehead atoms. The van der Waals surface area contributed by atoms with E-state index in [1.165, 1.54) is 17.5 Å². The van der Waals surface area contributed by atoms with Crippen molar-refractivity contribution in [2.75, 3.05) is 5.32 Å². The minimum Gasteiger partial charge on any atom is -0.366 e. The lowest BCUT2D eigenvalue weighted by Gasteiger charge is -2.07. The maximum atomic E-state index is 12.4. The second kappa shape index (κ2) is 6.64. The van der Waals surface area contributed by atoms with Gasteiger partial charge in [-0.25, -0.2) is 8.78 Å². The van der Waals surface area contributed by atoms with E-state index in [0.29, 0.717) is 12.5 Å². The molecule has 2 aromatic rings. The third-order valence-corrected chi connectivity index (χ3v) is 3.87. The van der Waals surface area contributed by atoms with Gasteiger partial charge in [-0.05, 0) is 19.8 Å². The zero-order chi connectivity index (χ0) is 15.0. The lowest BCUT2D eigenvalue weighted by molar-refractivity contribution is 0.121. The largest absolute Gasteiger partial charge is 0.366 e. The zero-order valence-electron chi connectivity index (χ0n) is 12.6. The predicted octanol–water partition coefficient (Wildman–Crippen LogP) is 3.10. The summed E-state index contributed by atoms with van der Waals surface area (Å²) in [6.07, 6.45) is 1.69. The van der Waals surface area contributed by atoms with Gasteiger partial charge in [0.25, 0.3) is 6.43 Å². The van der Waals surface area contributed by atoms with E-state index in [1.807, 2.05) is 18.7 Å². The number of aryl methyl sites for hydroxylation is 1. The molecule has 0 aromatic carbocycles. The van der Waals surface area contributed by atoms with Crippen LogP contribution in [-0.2, 0) is 20.1 Å². The molecule has 8 heteroatoms. The number of alkyl halides is 2. The summed E-state index contributed by atoms with van der Waals surface area (Å²) in [7, 11) is 1.90. The van der Waals surface area contributed by atoms with Gasteiger partial charge in [-0.3, -0.25) is 9.36 Å². The maximum Gasteiger partial charge on any atom is 0.257 e. The van der Waals surface area contributed by atoms with E-state index < -0.39 is 6.43 Å². The Bertz CT molecular complexity index is 633. The highest BCUT2D eigenvalue weighted by molar-refractivity contribution is 5.85. The van der Waals surface area contributed by atoms with Crippen LogP contribution in [0.15, 0.2) is 12.3 Å². The molecular weight excluding hydrogens is 312 g/mol. The monoisotopic (exact) mass is 331 g/mol. The van der Waals surface area contributed by atoms with E-state index >= 15 is 0 Å². The van der Waals surface area contributed by atoms with Crippen LogP contribution in [0.25, 0.3) is 0 Å². The number of anilines is 1. The van der Waals surface area contributed by atoms with Crippen LogP contribution in [0.2, 0.25) is 0 Å². The van der Waals surface area contributed by atoms with Crippen molar-refractivity contribution >= 4 is 18.2 Å². The number of rotatable bonds is 6. The molecule has 0 spiro atoms. The lowest BCUT2D eigenvalue weighted by atomic mass is 10.2. The van der Waals surface area contributed by atoms with Crippen LogP contribution in [0.1, 0.15) is 35.7 Å². The molecule has 3 rings (SSSR count). The number of hydrogen-bond acceptors (Lipinski definition) is 3. The van der Waals surface area contributed by atoms with Gasteiger partial charge in [0, 0.05) is 36.8 Å². The first-order valence-corrected chi connectivity index (χ1v) is 7.12. The second-order valence-corrected chi connectivity index (χ2v) is 5.53. The molecule has 1 N–H and O–H groups in total. The molecule has 0 atom stereocenters. The van der Waals surface area contributed by atoms with Gasteiger partial charge in [-0.15, -0.1) is 12.4 Å². The van der Waals surface area contributed by atoms with Crippen LogP contribution in [-0.4, -0.2) is 26.0 Å². The van der Waals surface area contributed by atoms with Crippen molar-refractivity contribution in [3.63, 3.8) is 0 Å². The van der Waals surface area contributed by atoms with Gasteiger partial charge in [0.1, 0.15) is 12.4 Å². The summed E-state index contributed by atoms with van der Waals surface area (Å²) in [6, 6.07) is 2.07. The normalized spacial score (nSPS) is 14.2. The minimum absolute atomic E-state index is 0. The van der Waals surface area contributed by atoms with E-state index in [0.717, 1.165) is 22.8 Å². The molecule has 0 unspecified atom stereocenters. The van der Waals surface area contributed by atoms with Gasteiger partial charge in [-0.2, -0.15) is 10.2 Å².